The van der Waals surface area contributed by atoms with Crippen molar-refractivity contribution in [3.63, 3.8) is 0 Å². The van der Waals surface area contributed by atoms with Crippen LogP contribution in [0, 0.1) is 5.92 Å². The lowest BCUT2D eigenvalue weighted by atomic mass is 9.72. The molecule has 5 nitrogen and oxygen atoms in total. The van der Waals surface area contributed by atoms with Gasteiger partial charge in [-0.2, -0.15) is 0 Å². The van der Waals surface area contributed by atoms with Crippen molar-refractivity contribution in [1.82, 2.24) is 5.32 Å². The number of benzene rings is 2. The second-order valence-electron chi connectivity index (χ2n) is 9.19. The van der Waals surface area contributed by atoms with Gasteiger partial charge in [-0.3, -0.25) is 4.79 Å². The number of nitrogens with one attached hydrogen (secondary N) is 1. The molecule has 33 heavy (non-hydrogen) atoms. The molecule has 0 spiro atoms. The second-order valence-corrected chi connectivity index (χ2v) is 9.19. The van der Waals surface area contributed by atoms with Crippen LogP contribution in [0.1, 0.15) is 56.6 Å². The van der Waals surface area contributed by atoms with Crippen molar-refractivity contribution in [3.8, 4) is 5.75 Å². The van der Waals surface area contributed by atoms with E-state index in [0.717, 1.165) is 34.7 Å². The molecule has 0 saturated heterocycles. The number of ether oxygens (including phenoxy) is 2. The summed E-state index contributed by atoms with van der Waals surface area (Å²) in [4.78, 5) is 26.8. The highest BCUT2D eigenvalue weighted by atomic mass is 16.5. The standard InChI is InChI=1S/C28H31NO4/c1-17(2)16-33-28(31)25-18(3)29-23-14-21(19-8-6-5-7-9-19)15-24(30)27(23)26(25)20-10-12-22(32-4)13-11-20/h5-13,17,21,26,29H,14-16H2,1-4H3/t21-,26-/m1/s1. The van der Waals surface area contributed by atoms with Crippen LogP contribution in [0.4, 0.5) is 0 Å². The molecule has 0 amide bonds. The Morgan fingerprint density at radius 2 is 1.73 bits per heavy atom. The quantitative estimate of drug-likeness (QED) is 0.615. The molecular weight excluding hydrogens is 414 g/mol. The normalized spacial score (nSPS) is 20.5. The van der Waals surface area contributed by atoms with Crippen molar-refractivity contribution >= 4 is 11.8 Å². The summed E-state index contributed by atoms with van der Waals surface area (Å²) in [6.45, 7) is 6.23. The van der Waals surface area contributed by atoms with Crippen LogP contribution in [0.5, 0.6) is 5.75 Å². The van der Waals surface area contributed by atoms with Crippen molar-refractivity contribution in [2.45, 2.75) is 45.4 Å². The predicted molar refractivity (Wildman–Crippen MR) is 128 cm³/mol. The number of methoxy groups -OCH3 is 1. The van der Waals surface area contributed by atoms with Crippen LogP contribution in [-0.4, -0.2) is 25.5 Å². The summed E-state index contributed by atoms with van der Waals surface area (Å²) in [6, 6.07) is 17.7. The van der Waals surface area contributed by atoms with Gasteiger partial charge in [-0.15, -0.1) is 0 Å². The van der Waals surface area contributed by atoms with E-state index >= 15 is 0 Å². The zero-order valence-electron chi connectivity index (χ0n) is 19.7. The summed E-state index contributed by atoms with van der Waals surface area (Å²) < 4.78 is 10.9. The third kappa shape index (κ3) is 4.72. The average Bonchev–Trinajstić information content (AvgIpc) is 2.82. The Bertz CT molecular complexity index is 1100. The van der Waals surface area contributed by atoms with Crippen LogP contribution in [0.15, 0.2) is 77.1 Å². The van der Waals surface area contributed by atoms with Crippen molar-refractivity contribution in [2.24, 2.45) is 5.92 Å². The van der Waals surface area contributed by atoms with Gasteiger partial charge in [0.25, 0.3) is 0 Å². The molecule has 0 radical (unpaired) electrons. The SMILES string of the molecule is COc1ccc([C@@H]2C(C(=O)OCC(C)C)=C(C)NC3=C2C(=O)C[C@H](c2ccccc2)C3)cc1. The molecule has 0 saturated carbocycles. The molecule has 2 aromatic rings. The fourth-order valence-electron chi connectivity index (χ4n) is 4.72. The van der Waals surface area contributed by atoms with Crippen LogP contribution in [0.25, 0.3) is 0 Å². The maximum Gasteiger partial charge on any atom is 0.336 e. The predicted octanol–water partition coefficient (Wildman–Crippen LogP) is 5.26. The molecule has 2 aromatic carbocycles. The van der Waals surface area contributed by atoms with Gasteiger partial charge in [0.1, 0.15) is 5.75 Å². The Labute approximate surface area is 195 Å². The van der Waals surface area contributed by atoms with Gasteiger partial charge in [-0.25, -0.2) is 4.79 Å². The van der Waals surface area contributed by atoms with E-state index in [1.165, 1.54) is 0 Å². The van der Waals surface area contributed by atoms with E-state index < -0.39 is 5.92 Å². The summed E-state index contributed by atoms with van der Waals surface area (Å²) in [5.74, 6) is 0.299. The smallest absolute Gasteiger partial charge is 0.336 e. The molecule has 172 valence electrons. The summed E-state index contributed by atoms with van der Waals surface area (Å²) in [5.41, 5.74) is 4.86. The van der Waals surface area contributed by atoms with E-state index in [0.29, 0.717) is 24.2 Å². The molecule has 4 rings (SSSR count). The zero-order chi connectivity index (χ0) is 23.5. The van der Waals surface area contributed by atoms with Gasteiger partial charge >= 0.3 is 5.97 Å². The first kappa shape index (κ1) is 22.8. The maximum atomic E-state index is 13.6. The van der Waals surface area contributed by atoms with Crippen molar-refractivity contribution in [3.05, 3.63) is 88.3 Å². The third-order valence-electron chi connectivity index (χ3n) is 6.32. The lowest BCUT2D eigenvalue weighted by molar-refractivity contribution is -0.140. The number of esters is 1. The Morgan fingerprint density at radius 1 is 1.03 bits per heavy atom. The van der Waals surface area contributed by atoms with E-state index in [-0.39, 0.29) is 23.6 Å². The number of allylic oxidation sites excluding steroid dienone is 3. The Hall–Kier alpha value is -3.34. The maximum absolute atomic E-state index is 13.6. The van der Waals surface area contributed by atoms with Crippen molar-refractivity contribution < 1.29 is 19.1 Å². The van der Waals surface area contributed by atoms with Gasteiger partial charge in [-0.05, 0) is 48.4 Å². The first-order valence-corrected chi connectivity index (χ1v) is 11.5. The second kappa shape index (κ2) is 9.65. The molecule has 1 aliphatic carbocycles. The number of hydrogen-bond acceptors (Lipinski definition) is 5. The highest BCUT2D eigenvalue weighted by Crippen LogP contribution is 2.45. The highest BCUT2D eigenvalue weighted by Gasteiger charge is 2.41. The third-order valence-corrected chi connectivity index (χ3v) is 6.32. The molecule has 0 aromatic heterocycles. The number of carbonyl (C=O) groups is 2. The Balaban J connectivity index is 1.76. The lowest BCUT2D eigenvalue weighted by Crippen LogP contribution is -2.36. The summed E-state index contributed by atoms with van der Waals surface area (Å²) in [7, 11) is 1.62. The van der Waals surface area contributed by atoms with Gasteiger partial charge in [0, 0.05) is 29.3 Å². The summed E-state index contributed by atoms with van der Waals surface area (Å²) in [6.07, 6.45) is 1.15. The van der Waals surface area contributed by atoms with E-state index in [4.69, 9.17) is 9.47 Å². The number of Topliss-reactive ketones (excluding diaryl/α,β-unsaturated/α-hetero) is 1. The van der Waals surface area contributed by atoms with Gasteiger partial charge in [0.05, 0.1) is 19.3 Å². The molecule has 0 bridgehead atoms. The van der Waals surface area contributed by atoms with Crippen LogP contribution >= 0.6 is 0 Å². The number of carbonyl (C=O) groups excluding carboxylic acids is 2. The minimum atomic E-state index is -0.462. The minimum absolute atomic E-state index is 0.0695. The fraction of sp³-hybridized carbons (Fsp3) is 0.357. The van der Waals surface area contributed by atoms with Gasteiger partial charge in [0.2, 0.25) is 0 Å². The first-order valence-electron chi connectivity index (χ1n) is 11.5. The molecule has 1 aliphatic heterocycles. The molecule has 1 heterocycles. The molecule has 5 heteroatoms. The average molecular weight is 446 g/mol. The minimum Gasteiger partial charge on any atom is -0.497 e. The van der Waals surface area contributed by atoms with Crippen LogP contribution < -0.4 is 10.1 Å². The van der Waals surface area contributed by atoms with Gasteiger partial charge < -0.3 is 14.8 Å². The monoisotopic (exact) mass is 445 g/mol. The topological polar surface area (TPSA) is 64.6 Å². The van der Waals surface area contributed by atoms with Crippen molar-refractivity contribution in [2.75, 3.05) is 13.7 Å². The van der Waals surface area contributed by atoms with E-state index in [9.17, 15) is 9.59 Å². The van der Waals surface area contributed by atoms with Crippen LogP contribution in [-0.2, 0) is 14.3 Å². The van der Waals surface area contributed by atoms with Crippen LogP contribution in [0.2, 0.25) is 0 Å². The molecule has 0 fully saturated rings. The zero-order valence-corrected chi connectivity index (χ0v) is 19.7. The summed E-state index contributed by atoms with van der Waals surface area (Å²) >= 11 is 0. The lowest BCUT2D eigenvalue weighted by Gasteiger charge is -2.36. The van der Waals surface area contributed by atoms with E-state index in [1.807, 2.05) is 63.2 Å². The Morgan fingerprint density at radius 3 is 2.36 bits per heavy atom. The molecule has 1 N–H and O–H groups in total. The number of dihydropyridines is 1. The molecule has 0 unspecified atom stereocenters. The van der Waals surface area contributed by atoms with Crippen molar-refractivity contribution in [1.29, 1.82) is 0 Å². The number of hydrogen-bond donors (Lipinski definition) is 1. The van der Waals surface area contributed by atoms with Gasteiger partial charge in [-0.1, -0.05) is 56.3 Å². The van der Waals surface area contributed by atoms with Gasteiger partial charge in [0.15, 0.2) is 5.78 Å². The highest BCUT2D eigenvalue weighted by molar-refractivity contribution is 6.04. The number of ketones is 1. The molecule has 2 atom stereocenters. The number of rotatable bonds is 6. The van der Waals surface area contributed by atoms with E-state index in [2.05, 4.69) is 17.4 Å². The Kier molecular flexibility index (Phi) is 6.68. The molecule has 2 aliphatic rings. The largest absolute Gasteiger partial charge is 0.497 e. The summed E-state index contributed by atoms with van der Waals surface area (Å²) in [5, 5.41) is 3.40. The van der Waals surface area contributed by atoms with E-state index in [1.54, 1.807) is 7.11 Å². The first-order chi connectivity index (χ1) is 15.9. The fourth-order valence-corrected chi connectivity index (χ4v) is 4.72. The molecular formula is C28H31NO4. The van der Waals surface area contributed by atoms with Crippen LogP contribution in [0.3, 0.4) is 0 Å².